The number of benzene rings is 3. The number of nitrogens with two attached hydrogens (primary N) is 1. The van der Waals surface area contributed by atoms with E-state index < -0.39 is 44.9 Å². The van der Waals surface area contributed by atoms with Crippen LogP contribution in [0.2, 0.25) is 0 Å². The number of aliphatic hydroxyl groups is 1. The quantitative estimate of drug-likeness (QED) is 0.0759. The number of halogens is 2. The molecule has 0 saturated heterocycles. The molecule has 0 unspecified atom stereocenters. The molecular weight excluding hydrogens is 1340 g/mol. The summed E-state index contributed by atoms with van der Waals surface area (Å²) in [7, 11) is 0. The first-order chi connectivity index (χ1) is 49.5. The summed E-state index contributed by atoms with van der Waals surface area (Å²) in [5, 5.41) is 28.8. The van der Waals surface area contributed by atoms with Gasteiger partial charge in [-0.05, 0) is 191 Å². The Morgan fingerprint density at radius 3 is 1.58 bits per heavy atom. The number of ketones is 1. The predicted molar refractivity (Wildman–Crippen MR) is 390 cm³/mol. The highest BCUT2D eigenvalue weighted by molar-refractivity contribution is 5.97. The van der Waals surface area contributed by atoms with Gasteiger partial charge in [-0.25, -0.2) is 33.3 Å². The van der Waals surface area contributed by atoms with Gasteiger partial charge in [0.25, 0.3) is 22.4 Å². The number of rotatable bonds is 7. The zero-order valence-electron chi connectivity index (χ0n) is 61.6. The molecule has 0 bridgehead atoms. The lowest BCUT2D eigenvalue weighted by atomic mass is 9.77. The molecule has 22 nitrogen and oxygen atoms in total. The second kappa shape index (κ2) is 24.5. The van der Waals surface area contributed by atoms with E-state index in [0.717, 1.165) is 57.0 Å². The van der Waals surface area contributed by atoms with Gasteiger partial charge >= 0.3 is 11.9 Å². The van der Waals surface area contributed by atoms with Gasteiger partial charge in [-0.2, -0.15) is 0 Å². The minimum Gasteiger partial charge on any atom is -0.458 e. The van der Waals surface area contributed by atoms with Gasteiger partial charge in [0.05, 0.1) is 103 Å². The Bertz CT molecular complexity index is 5600. The zero-order chi connectivity index (χ0) is 75.2. The second-order valence-electron chi connectivity index (χ2n) is 32.2. The second-order valence-corrected chi connectivity index (χ2v) is 32.2. The first-order valence-electron chi connectivity index (χ1n) is 36.2. The van der Waals surface area contributed by atoms with Gasteiger partial charge in [0, 0.05) is 92.0 Å². The van der Waals surface area contributed by atoms with E-state index in [1.54, 1.807) is 57.9 Å². The van der Waals surface area contributed by atoms with Crippen LogP contribution >= 0.6 is 0 Å². The fourth-order valence-electron chi connectivity index (χ4n) is 17.7. The van der Waals surface area contributed by atoms with E-state index in [0.29, 0.717) is 151 Å². The Morgan fingerprint density at radius 2 is 1.08 bits per heavy atom. The third kappa shape index (κ3) is 10.9. The van der Waals surface area contributed by atoms with E-state index in [1.165, 1.54) is 18.2 Å². The number of nitro benzene ring substituents is 1. The van der Waals surface area contributed by atoms with Crippen molar-refractivity contribution in [3.8, 4) is 34.2 Å². The van der Waals surface area contributed by atoms with Crippen molar-refractivity contribution < 1.29 is 52.1 Å². The number of hydrogen-bond donors (Lipinski definition) is 3. The molecule has 105 heavy (non-hydrogen) atoms. The van der Waals surface area contributed by atoms with Crippen LogP contribution in [0.5, 0.6) is 0 Å². The molecule has 24 heteroatoms. The Balaban J connectivity index is 0.000000127. The highest BCUT2D eigenvalue weighted by atomic mass is 19.1. The fraction of sp³-hybridized carbons (Fsp3) is 0.444. The standard InChI is InChI=1S/C29H32FN3O3.C28H30FN3O4.C24H23N3O6/c1-6-29(36)18-11-22-26-17(13-33(22)27(35)16(18)8-10-23(29)34)25-20(32-28(3,4)5)9-7-15-14(2)19(30)12-21(31-26)24(15)25;1-6-28(36-27(3,4)5)17-9-21-24-15(11-32(21)25(33)16(17)12-35-26(28)34)22-19(30)8-7-14-13(2)18(29)10-20(31-24)23(14)22;1-5-24(33-23(2,3)4)16-10-19-20-13(11-26(19)21(28)15(16)12-32-22(24)29)9-14-17(25-20)7-6-8-18(14)27(30)31/h11-12,20,32,36H,6-10,13H2,1-5H3;9-10,19H,6-8,11-12,30H2,1-5H3;6-10H,5,11-12H2,1-4H3/t20-,29-;19-,28-;24-/m000/s1. The molecule has 0 radical (unpaired) electrons. The summed E-state index contributed by atoms with van der Waals surface area (Å²) in [5.41, 5.74) is 15.8. The SMILES string of the molecule is CC[C@@]1(O)C(=O)CCc2c1cc1n(c2=O)Cc2c-1nc1cc(F)c(C)c3c1c2[C@@H](NC(C)(C)C)CC3.CC[C@@]1(OC(C)(C)C)C(=O)OCc2c1cc1n(c2=O)Cc2c-1nc1cc(F)c(C)c3c1c2[C@@H](N)CC3.CC[C@@]1(OC(C)(C)C)C(=O)OCc2c1cc1n(c2=O)Cc2cc3c([N+](=O)[O-])cccc3nc2-1. The minimum absolute atomic E-state index is 0.0343. The monoisotopic (exact) mass is 1430 g/mol. The van der Waals surface area contributed by atoms with Gasteiger partial charge < -0.3 is 48.8 Å². The minimum atomic E-state index is -1.66. The van der Waals surface area contributed by atoms with Gasteiger partial charge in [0.1, 0.15) is 30.4 Å². The fourth-order valence-corrected chi connectivity index (χ4v) is 17.7. The number of carbonyl (C=O) groups excluding carboxylic acids is 3. The van der Waals surface area contributed by atoms with Crippen molar-refractivity contribution in [2.45, 2.75) is 233 Å². The number of nitro groups is 1. The number of Topliss-reactive ketones (excluding diaryl/α,β-unsaturated/α-hetero) is 1. The molecule has 0 amide bonds. The highest BCUT2D eigenvalue weighted by Gasteiger charge is 2.53. The smallest absolute Gasteiger partial charge is 0.343 e. The topological polar surface area (TPSA) is 294 Å². The average molecular weight is 1430 g/mol. The summed E-state index contributed by atoms with van der Waals surface area (Å²) < 4.78 is 58.3. The van der Waals surface area contributed by atoms with Crippen LogP contribution in [0.25, 0.3) is 66.9 Å². The molecule has 5 aliphatic heterocycles. The van der Waals surface area contributed by atoms with Gasteiger partial charge in [-0.15, -0.1) is 0 Å². The number of esters is 2. The summed E-state index contributed by atoms with van der Waals surface area (Å²) >= 11 is 0. The van der Waals surface area contributed by atoms with Gasteiger partial charge in [0.15, 0.2) is 17.0 Å². The lowest BCUT2D eigenvalue weighted by Crippen LogP contribution is -2.49. The van der Waals surface area contributed by atoms with Crippen LogP contribution in [0.1, 0.15) is 217 Å². The molecule has 6 aromatic heterocycles. The van der Waals surface area contributed by atoms with E-state index in [2.05, 4.69) is 31.1 Å². The molecule has 3 aliphatic carbocycles. The number of aryl methyl sites for hydroxylation is 2. The number of fused-ring (bicyclic) bond motifs is 15. The van der Waals surface area contributed by atoms with Crippen LogP contribution in [-0.2, 0) is 102 Å². The van der Waals surface area contributed by atoms with E-state index in [1.807, 2.05) is 68.4 Å². The number of ether oxygens (including phenoxy) is 4. The number of cyclic esters (lactones) is 2. The molecule has 9 aromatic rings. The van der Waals surface area contributed by atoms with E-state index >= 15 is 0 Å². The van der Waals surface area contributed by atoms with Crippen LogP contribution in [0.4, 0.5) is 14.5 Å². The van der Waals surface area contributed by atoms with Gasteiger partial charge in [0.2, 0.25) is 0 Å². The molecular formula is C81H85F2N9O13. The third-order valence-electron chi connectivity index (χ3n) is 22.4. The van der Waals surface area contributed by atoms with E-state index in [-0.39, 0.29) is 90.0 Å². The molecule has 5 atom stereocenters. The Labute approximate surface area is 603 Å². The first kappa shape index (κ1) is 71.0. The van der Waals surface area contributed by atoms with E-state index in [4.69, 9.17) is 34.6 Å². The summed E-state index contributed by atoms with van der Waals surface area (Å²) in [6, 6.07) is 14.7. The maximum atomic E-state index is 15.0. The number of pyridine rings is 6. The molecule has 0 saturated carbocycles. The van der Waals surface area contributed by atoms with Crippen molar-refractivity contribution in [1.29, 1.82) is 0 Å². The molecule has 17 rings (SSSR count). The van der Waals surface area contributed by atoms with Crippen molar-refractivity contribution in [3.05, 3.63) is 191 Å². The molecule has 8 aliphatic rings. The molecule has 0 spiro atoms. The lowest BCUT2D eigenvalue weighted by molar-refractivity contribution is -0.383. The van der Waals surface area contributed by atoms with Crippen molar-refractivity contribution in [1.82, 2.24) is 34.0 Å². The van der Waals surface area contributed by atoms with Crippen LogP contribution < -0.4 is 27.7 Å². The van der Waals surface area contributed by atoms with Gasteiger partial charge in [-0.1, -0.05) is 26.8 Å². The number of nitrogens with zero attached hydrogens (tertiary/aromatic N) is 7. The Hall–Kier alpha value is -9.59. The van der Waals surface area contributed by atoms with Crippen molar-refractivity contribution in [3.63, 3.8) is 0 Å². The maximum absolute atomic E-state index is 15.0. The summed E-state index contributed by atoms with van der Waals surface area (Å²) in [5.74, 6) is -1.83. The van der Waals surface area contributed by atoms with E-state index in [9.17, 15) is 52.8 Å². The number of hydrogen-bond acceptors (Lipinski definition) is 18. The number of carbonyl (C=O) groups is 3. The summed E-state index contributed by atoms with van der Waals surface area (Å²) in [6.45, 7) is 27.3. The van der Waals surface area contributed by atoms with Crippen molar-refractivity contribution in [2.24, 2.45) is 5.73 Å². The van der Waals surface area contributed by atoms with Crippen LogP contribution in [0.15, 0.2) is 69.0 Å². The number of nitrogens with one attached hydrogen (secondary N) is 1. The van der Waals surface area contributed by atoms with Crippen LogP contribution in [0.3, 0.4) is 0 Å². The third-order valence-corrected chi connectivity index (χ3v) is 22.4. The van der Waals surface area contributed by atoms with Crippen molar-refractivity contribution in [2.75, 3.05) is 0 Å². The Morgan fingerprint density at radius 1 is 0.600 bits per heavy atom. The lowest BCUT2D eigenvalue weighted by Gasteiger charge is -2.40. The maximum Gasteiger partial charge on any atom is 0.343 e. The van der Waals surface area contributed by atoms with Gasteiger partial charge in [-0.3, -0.25) is 29.3 Å². The highest BCUT2D eigenvalue weighted by Crippen LogP contribution is 2.51. The van der Waals surface area contributed by atoms with Crippen molar-refractivity contribution >= 4 is 56.1 Å². The largest absolute Gasteiger partial charge is 0.458 e. The first-order valence-corrected chi connectivity index (χ1v) is 36.2. The summed E-state index contributed by atoms with van der Waals surface area (Å²) in [4.78, 5) is 105. The molecule has 0 fully saturated rings. The normalized spacial score (nSPS) is 21.4. The zero-order valence-corrected chi connectivity index (χ0v) is 61.6. The predicted octanol–water partition coefficient (Wildman–Crippen LogP) is 12.5. The molecule has 546 valence electrons. The average Bonchev–Trinajstić information content (AvgIpc) is 1.67. The summed E-state index contributed by atoms with van der Waals surface area (Å²) in [6.07, 6.45) is 4.27. The number of non-ortho nitro benzene ring substituents is 1. The van der Waals surface area contributed by atoms with Crippen LogP contribution in [0, 0.1) is 35.6 Å². The molecule has 4 N–H and O–H groups in total. The van der Waals surface area contributed by atoms with Crippen LogP contribution in [-0.4, -0.2) is 73.1 Å². The Kier molecular flexibility index (Phi) is 16.6. The molecule has 3 aromatic carbocycles. The number of aromatic nitrogens is 6. The molecule has 11 heterocycles.